The van der Waals surface area contributed by atoms with Crippen molar-refractivity contribution in [3.8, 4) is 0 Å². The van der Waals surface area contributed by atoms with Gasteiger partial charge in [-0.05, 0) is 25.5 Å². The molecule has 1 aromatic carbocycles. The van der Waals surface area contributed by atoms with Crippen LogP contribution in [0.5, 0.6) is 0 Å². The zero-order valence-electron chi connectivity index (χ0n) is 12.6. The van der Waals surface area contributed by atoms with Crippen LogP contribution in [0.2, 0.25) is 0 Å². The monoisotopic (exact) mass is 294 g/mol. The van der Waals surface area contributed by atoms with E-state index in [2.05, 4.69) is 31.2 Å². The summed E-state index contributed by atoms with van der Waals surface area (Å²) in [5.74, 6) is 0. The smallest absolute Gasteiger partial charge is 0.156 e. The van der Waals surface area contributed by atoms with Gasteiger partial charge in [0.15, 0.2) is 6.29 Å². The van der Waals surface area contributed by atoms with Crippen LogP contribution in [-0.2, 0) is 9.47 Å². The molecule has 0 radical (unpaired) electrons. The van der Waals surface area contributed by atoms with E-state index in [-0.39, 0.29) is 11.7 Å². The number of ether oxygens (including phenoxy) is 2. The third kappa shape index (κ3) is 5.47. The summed E-state index contributed by atoms with van der Waals surface area (Å²) in [5, 5.41) is 0. The highest BCUT2D eigenvalue weighted by Gasteiger charge is 2.27. The molecule has 0 saturated carbocycles. The molecule has 1 aromatic rings. The highest BCUT2D eigenvalue weighted by Crippen LogP contribution is 2.33. The van der Waals surface area contributed by atoms with Crippen molar-refractivity contribution in [2.75, 3.05) is 0 Å². The molecule has 3 atom stereocenters. The maximum absolute atomic E-state index is 5.90. The van der Waals surface area contributed by atoms with Gasteiger partial charge in [0.25, 0.3) is 0 Å². The van der Waals surface area contributed by atoms with Crippen LogP contribution >= 0.6 is 11.8 Å². The molecule has 1 fully saturated rings. The third-order valence-electron chi connectivity index (χ3n) is 3.57. The van der Waals surface area contributed by atoms with Crippen LogP contribution in [0.25, 0.3) is 0 Å². The van der Waals surface area contributed by atoms with Gasteiger partial charge in [0, 0.05) is 11.3 Å². The Morgan fingerprint density at radius 1 is 1.10 bits per heavy atom. The molecule has 0 aromatic heterocycles. The van der Waals surface area contributed by atoms with Gasteiger partial charge in [-0.2, -0.15) is 0 Å². The van der Waals surface area contributed by atoms with E-state index in [4.69, 9.17) is 9.47 Å². The van der Waals surface area contributed by atoms with Gasteiger partial charge >= 0.3 is 0 Å². The van der Waals surface area contributed by atoms with Crippen molar-refractivity contribution in [1.29, 1.82) is 0 Å². The summed E-state index contributed by atoms with van der Waals surface area (Å²) < 4.78 is 11.8. The first kappa shape index (κ1) is 15.9. The first-order chi connectivity index (χ1) is 9.78. The fourth-order valence-electron chi connectivity index (χ4n) is 2.55. The molecule has 1 aliphatic rings. The molecule has 3 heteroatoms. The Bertz CT molecular complexity index is 369. The summed E-state index contributed by atoms with van der Waals surface area (Å²) in [5.41, 5.74) is 0.220. The SMILES string of the molecule is CCCCCC[C@H]1C[C@@H](Sc2ccccc2)O[C@@H](C)O1. The second kappa shape index (κ2) is 8.71. The van der Waals surface area contributed by atoms with Crippen LogP contribution in [0.3, 0.4) is 0 Å². The molecule has 2 nitrogen and oxygen atoms in total. The van der Waals surface area contributed by atoms with Gasteiger partial charge in [0.05, 0.1) is 6.10 Å². The van der Waals surface area contributed by atoms with Crippen LogP contribution < -0.4 is 0 Å². The summed E-state index contributed by atoms with van der Waals surface area (Å²) in [6.07, 6.45) is 7.65. The van der Waals surface area contributed by atoms with Crippen molar-refractivity contribution in [3.63, 3.8) is 0 Å². The number of hydrogen-bond acceptors (Lipinski definition) is 3. The first-order valence-electron chi connectivity index (χ1n) is 7.80. The average molecular weight is 294 g/mol. The summed E-state index contributed by atoms with van der Waals surface area (Å²) in [7, 11) is 0. The molecule has 0 bridgehead atoms. The maximum Gasteiger partial charge on any atom is 0.156 e. The minimum atomic E-state index is -0.0823. The Hall–Kier alpha value is -0.510. The molecule has 1 heterocycles. The molecular formula is C17H26O2S. The van der Waals surface area contributed by atoms with Gasteiger partial charge < -0.3 is 9.47 Å². The molecule has 0 amide bonds. The topological polar surface area (TPSA) is 18.5 Å². The van der Waals surface area contributed by atoms with Crippen molar-refractivity contribution in [2.24, 2.45) is 0 Å². The van der Waals surface area contributed by atoms with Gasteiger partial charge in [0.1, 0.15) is 5.44 Å². The van der Waals surface area contributed by atoms with E-state index < -0.39 is 0 Å². The second-order valence-corrected chi connectivity index (χ2v) is 6.64. The molecule has 112 valence electrons. The average Bonchev–Trinajstić information content (AvgIpc) is 2.44. The van der Waals surface area contributed by atoms with E-state index in [1.54, 1.807) is 0 Å². The maximum atomic E-state index is 5.90. The Morgan fingerprint density at radius 2 is 1.90 bits per heavy atom. The zero-order chi connectivity index (χ0) is 14.2. The van der Waals surface area contributed by atoms with Crippen molar-refractivity contribution >= 4 is 11.8 Å². The molecule has 1 saturated heterocycles. The number of hydrogen-bond donors (Lipinski definition) is 0. The van der Waals surface area contributed by atoms with E-state index in [1.807, 2.05) is 24.8 Å². The van der Waals surface area contributed by atoms with Crippen molar-refractivity contribution in [1.82, 2.24) is 0 Å². The van der Waals surface area contributed by atoms with E-state index >= 15 is 0 Å². The van der Waals surface area contributed by atoms with Crippen LogP contribution in [0.1, 0.15) is 52.4 Å². The number of thioether (sulfide) groups is 1. The highest BCUT2D eigenvalue weighted by atomic mass is 32.2. The van der Waals surface area contributed by atoms with Gasteiger partial charge in [-0.1, -0.05) is 62.6 Å². The minimum Gasteiger partial charge on any atom is -0.350 e. The van der Waals surface area contributed by atoms with Crippen LogP contribution in [0.4, 0.5) is 0 Å². The molecule has 0 aliphatic carbocycles. The molecule has 0 spiro atoms. The lowest BCUT2D eigenvalue weighted by molar-refractivity contribution is -0.213. The van der Waals surface area contributed by atoms with E-state index in [1.165, 1.54) is 37.0 Å². The van der Waals surface area contributed by atoms with Crippen LogP contribution in [-0.4, -0.2) is 17.8 Å². The quantitative estimate of drug-likeness (QED) is 0.642. The van der Waals surface area contributed by atoms with Gasteiger partial charge in [-0.15, -0.1) is 0 Å². The van der Waals surface area contributed by atoms with E-state index in [0.717, 1.165) is 6.42 Å². The van der Waals surface area contributed by atoms with Crippen molar-refractivity contribution in [3.05, 3.63) is 30.3 Å². The highest BCUT2D eigenvalue weighted by molar-refractivity contribution is 7.99. The molecule has 1 aliphatic heterocycles. The van der Waals surface area contributed by atoms with Gasteiger partial charge in [-0.25, -0.2) is 0 Å². The molecule has 0 N–H and O–H groups in total. The second-order valence-electron chi connectivity index (χ2n) is 5.41. The number of unbranched alkanes of at least 4 members (excludes halogenated alkanes) is 3. The first-order valence-corrected chi connectivity index (χ1v) is 8.68. The number of rotatable bonds is 7. The fourth-order valence-corrected chi connectivity index (χ4v) is 3.69. The third-order valence-corrected chi connectivity index (χ3v) is 4.68. The lowest BCUT2D eigenvalue weighted by Crippen LogP contribution is -2.35. The van der Waals surface area contributed by atoms with Crippen molar-refractivity contribution in [2.45, 2.75) is 75.1 Å². The molecule has 2 rings (SSSR count). The lowest BCUT2D eigenvalue weighted by Gasteiger charge is -2.34. The van der Waals surface area contributed by atoms with Gasteiger partial charge in [-0.3, -0.25) is 0 Å². The summed E-state index contributed by atoms with van der Waals surface area (Å²) in [4.78, 5) is 1.27. The Balaban J connectivity index is 1.78. The summed E-state index contributed by atoms with van der Waals surface area (Å²) >= 11 is 1.81. The Morgan fingerprint density at radius 3 is 2.65 bits per heavy atom. The largest absolute Gasteiger partial charge is 0.350 e. The lowest BCUT2D eigenvalue weighted by atomic mass is 10.1. The summed E-state index contributed by atoms with van der Waals surface area (Å²) in [6.45, 7) is 4.26. The standard InChI is InChI=1S/C17H26O2S/c1-3-4-5-7-10-15-13-17(19-14(2)18-15)20-16-11-8-6-9-12-16/h6,8-9,11-12,14-15,17H,3-5,7,10,13H2,1-2H3/t14-,15-,17+/m0/s1. The van der Waals surface area contributed by atoms with Gasteiger partial charge in [0.2, 0.25) is 0 Å². The van der Waals surface area contributed by atoms with E-state index in [9.17, 15) is 0 Å². The fraction of sp³-hybridized carbons (Fsp3) is 0.647. The summed E-state index contributed by atoms with van der Waals surface area (Å²) in [6, 6.07) is 10.5. The predicted molar refractivity (Wildman–Crippen MR) is 84.9 cm³/mol. The number of benzene rings is 1. The molecular weight excluding hydrogens is 268 g/mol. The molecule has 0 unspecified atom stereocenters. The van der Waals surface area contributed by atoms with Crippen molar-refractivity contribution < 1.29 is 9.47 Å². The Kier molecular flexibility index (Phi) is 6.91. The van der Waals surface area contributed by atoms with Crippen LogP contribution in [0, 0.1) is 0 Å². The minimum absolute atomic E-state index is 0.0823. The predicted octanol–water partition coefficient (Wildman–Crippen LogP) is 5.23. The Labute approximate surface area is 127 Å². The van der Waals surface area contributed by atoms with Crippen LogP contribution in [0.15, 0.2) is 35.2 Å². The normalized spacial score (nSPS) is 26.6. The molecule has 20 heavy (non-hydrogen) atoms. The van der Waals surface area contributed by atoms with E-state index in [0.29, 0.717) is 6.10 Å². The zero-order valence-corrected chi connectivity index (χ0v) is 13.4.